The second-order valence-electron chi connectivity index (χ2n) is 8.36. The fraction of sp³-hybridized carbons (Fsp3) is 0.385. The summed E-state index contributed by atoms with van der Waals surface area (Å²) in [6, 6.07) is 15.9. The first-order chi connectivity index (χ1) is 16.9. The zero-order valence-corrected chi connectivity index (χ0v) is 19.9. The van der Waals surface area contributed by atoms with Gasteiger partial charge in [-0.1, -0.05) is 37.3 Å². The van der Waals surface area contributed by atoms with Gasteiger partial charge >= 0.3 is 5.97 Å². The van der Waals surface area contributed by atoms with Crippen molar-refractivity contribution in [2.45, 2.75) is 38.6 Å². The van der Waals surface area contributed by atoms with Crippen LogP contribution >= 0.6 is 0 Å². The number of rotatable bonds is 11. The van der Waals surface area contributed by atoms with Crippen LogP contribution in [-0.2, 0) is 30.3 Å². The third-order valence-corrected chi connectivity index (χ3v) is 5.55. The van der Waals surface area contributed by atoms with E-state index in [0.717, 1.165) is 5.56 Å². The summed E-state index contributed by atoms with van der Waals surface area (Å²) >= 11 is 0. The van der Waals surface area contributed by atoms with E-state index in [9.17, 15) is 19.2 Å². The molecule has 1 aliphatic heterocycles. The molecule has 0 spiro atoms. The minimum atomic E-state index is -0.743. The molecule has 2 aromatic rings. The van der Waals surface area contributed by atoms with Crippen molar-refractivity contribution in [1.29, 1.82) is 0 Å². The Kier molecular flexibility index (Phi) is 9.80. The molecule has 35 heavy (non-hydrogen) atoms. The molecule has 1 heterocycles. The summed E-state index contributed by atoms with van der Waals surface area (Å²) in [5.74, 6) is -1.13. The maximum absolute atomic E-state index is 12.6. The summed E-state index contributed by atoms with van der Waals surface area (Å²) in [5, 5.41) is 8.38. The molecule has 9 nitrogen and oxygen atoms in total. The Bertz CT molecular complexity index is 1010. The molecule has 1 saturated heterocycles. The van der Waals surface area contributed by atoms with Gasteiger partial charge in [0.25, 0.3) is 0 Å². The van der Waals surface area contributed by atoms with E-state index >= 15 is 0 Å². The standard InChI is InChI=1S/C26H32N4O5/c1-2-16-35-25(33)17-22-26(34)27-14-15-30(22)18-24(32)29-21-11-9-20(10-12-21)28-23(31)13-8-19-6-4-3-5-7-19/h3-7,9-12,22H,2,8,13-18H2,1H3,(H,27,34)(H,28,31)(H,29,32). The van der Waals surface area contributed by atoms with Crippen molar-refractivity contribution >= 4 is 35.1 Å². The number of hydrogen-bond donors (Lipinski definition) is 3. The Hall–Kier alpha value is -3.72. The number of nitrogens with zero attached hydrogens (tertiary/aromatic N) is 1. The number of ether oxygens (including phenoxy) is 1. The molecule has 0 bridgehead atoms. The second kappa shape index (κ2) is 13.2. The molecule has 3 N–H and O–H groups in total. The van der Waals surface area contributed by atoms with Crippen LogP contribution < -0.4 is 16.0 Å². The number of benzene rings is 2. The van der Waals surface area contributed by atoms with E-state index in [2.05, 4.69) is 16.0 Å². The summed E-state index contributed by atoms with van der Waals surface area (Å²) in [7, 11) is 0. The maximum Gasteiger partial charge on any atom is 0.307 e. The molecule has 1 atom stereocenters. The highest BCUT2D eigenvalue weighted by molar-refractivity contribution is 5.94. The van der Waals surface area contributed by atoms with Crippen LogP contribution in [0.25, 0.3) is 0 Å². The molecule has 0 saturated carbocycles. The Labute approximate surface area is 205 Å². The van der Waals surface area contributed by atoms with Crippen molar-refractivity contribution in [3.8, 4) is 0 Å². The molecule has 9 heteroatoms. The van der Waals surface area contributed by atoms with Crippen molar-refractivity contribution in [3.63, 3.8) is 0 Å². The van der Waals surface area contributed by atoms with Gasteiger partial charge in [0.2, 0.25) is 17.7 Å². The highest BCUT2D eigenvalue weighted by Gasteiger charge is 2.33. The summed E-state index contributed by atoms with van der Waals surface area (Å²) in [6.45, 7) is 3.03. The first-order valence-corrected chi connectivity index (χ1v) is 11.9. The van der Waals surface area contributed by atoms with Gasteiger partial charge in [-0.2, -0.15) is 0 Å². The van der Waals surface area contributed by atoms with E-state index in [0.29, 0.717) is 50.3 Å². The number of amides is 3. The Morgan fingerprint density at radius 3 is 2.31 bits per heavy atom. The van der Waals surface area contributed by atoms with E-state index in [1.54, 1.807) is 29.2 Å². The molecule has 3 rings (SSSR count). The number of carbonyl (C=O) groups excluding carboxylic acids is 4. The van der Waals surface area contributed by atoms with E-state index < -0.39 is 12.0 Å². The largest absolute Gasteiger partial charge is 0.466 e. The summed E-state index contributed by atoms with van der Waals surface area (Å²) in [4.78, 5) is 50.8. The summed E-state index contributed by atoms with van der Waals surface area (Å²) < 4.78 is 5.09. The lowest BCUT2D eigenvalue weighted by Crippen LogP contribution is -2.57. The van der Waals surface area contributed by atoms with Crippen LogP contribution in [0.2, 0.25) is 0 Å². The number of esters is 1. The van der Waals surface area contributed by atoms with Crippen LogP contribution in [0.1, 0.15) is 31.7 Å². The molecule has 0 aliphatic carbocycles. The fourth-order valence-corrected chi connectivity index (χ4v) is 3.75. The van der Waals surface area contributed by atoms with Crippen LogP contribution in [0.4, 0.5) is 11.4 Å². The first kappa shape index (κ1) is 25.9. The SMILES string of the molecule is CCCOC(=O)CC1C(=O)NCCN1CC(=O)Nc1ccc(NC(=O)CCc2ccccc2)cc1. The quantitative estimate of drug-likeness (QED) is 0.425. The minimum absolute atomic E-state index is 0.0306. The van der Waals surface area contributed by atoms with E-state index in [-0.39, 0.29) is 30.7 Å². The fourth-order valence-electron chi connectivity index (χ4n) is 3.75. The third-order valence-electron chi connectivity index (χ3n) is 5.55. The number of hydrogen-bond acceptors (Lipinski definition) is 6. The molecular weight excluding hydrogens is 448 g/mol. The predicted octanol–water partition coefficient (Wildman–Crippen LogP) is 2.34. The van der Waals surface area contributed by atoms with Gasteiger partial charge in [-0.05, 0) is 42.7 Å². The van der Waals surface area contributed by atoms with Crippen LogP contribution in [0, 0.1) is 0 Å². The van der Waals surface area contributed by atoms with Crippen molar-refractivity contribution in [3.05, 3.63) is 60.2 Å². The zero-order valence-electron chi connectivity index (χ0n) is 19.9. The molecule has 2 aromatic carbocycles. The molecule has 3 amide bonds. The normalized spacial score (nSPS) is 15.7. The first-order valence-electron chi connectivity index (χ1n) is 11.9. The number of anilines is 2. The zero-order chi connectivity index (χ0) is 25.0. The Morgan fingerprint density at radius 2 is 1.66 bits per heavy atom. The van der Waals surface area contributed by atoms with Crippen LogP contribution in [0.15, 0.2) is 54.6 Å². The van der Waals surface area contributed by atoms with Crippen molar-refractivity contribution in [1.82, 2.24) is 10.2 Å². The third kappa shape index (κ3) is 8.53. The van der Waals surface area contributed by atoms with Gasteiger partial charge in [0.1, 0.15) is 6.04 Å². The van der Waals surface area contributed by atoms with Gasteiger partial charge in [0.15, 0.2) is 0 Å². The molecule has 1 fully saturated rings. The number of aryl methyl sites for hydroxylation is 1. The second-order valence-corrected chi connectivity index (χ2v) is 8.36. The van der Waals surface area contributed by atoms with Crippen molar-refractivity contribution in [2.24, 2.45) is 0 Å². The lowest BCUT2D eigenvalue weighted by Gasteiger charge is -2.33. The van der Waals surface area contributed by atoms with E-state index in [4.69, 9.17) is 4.74 Å². The lowest BCUT2D eigenvalue weighted by atomic mass is 10.1. The van der Waals surface area contributed by atoms with Crippen LogP contribution in [0.3, 0.4) is 0 Å². The van der Waals surface area contributed by atoms with Gasteiger partial charge in [0.05, 0.1) is 19.6 Å². The van der Waals surface area contributed by atoms with Crippen molar-refractivity contribution in [2.75, 3.05) is 36.9 Å². The van der Waals surface area contributed by atoms with Gasteiger partial charge < -0.3 is 20.7 Å². The Morgan fingerprint density at radius 1 is 1.00 bits per heavy atom. The van der Waals surface area contributed by atoms with Gasteiger partial charge in [-0.15, -0.1) is 0 Å². The topological polar surface area (TPSA) is 117 Å². The molecule has 1 unspecified atom stereocenters. The number of carbonyl (C=O) groups is 4. The highest BCUT2D eigenvalue weighted by Crippen LogP contribution is 2.15. The predicted molar refractivity (Wildman–Crippen MR) is 133 cm³/mol. The Balaban J connectivity index is 1.47. The number of nitrogens with one attached hydrogen (secondary N) is 3. The minimum Gasteiger partial charge on any atom is -0.466 e. The van der Waals surface area contributed by atoms with Crippen LogP contribution in [-0.4, -0.2) is 60.9 Å². The van der Waals surface area contributed by atoms with Gasteiger partial charge in [-0.25, -0.2) is 0 Å². The summed E-state index contributed by atoms with van der Waals surface area (Å²) in [6.07, 6.45) is 1.63. The van der Waals surface area contributed by atoms with E-state index in [1.165, 1.54) is 0 Å². The van der Waals surface area contributed by atoms with Crippen LogP contribution in [0.5, 0.6) is 0 Å². The molecule has 186 valence electrons. The highest BCUT2D eigenvalue weighted by atomic mass is 16.5. The smallest absolute Gasteiger partial charge is 0.307 e. The van der Waals surface area contributed by atoms with Crippen molar-refractivity contribution < 1.29 is 23.9 Å². The molecular formula is C26H32N4O5. The molecule has 1 aliphatic rings. The summed E-state index contributed by atoms with van der Waals surface area (Å²) in [5.41, 5.74) is 2.31. The molecule has 0 radical (unpaired) electrons. The van der Waals surface area contributed by atoms with Gasteiger partial charge in [0, 0.05) is 30.9 Å². The maximum atomic E-state index is 12.6. The molecule has 0 aromatic heterocycles. The monoisotopic (exact) mass is 480 g/mol. The average molecular weight is 481 g/mol. The van der Waals surface area contributed by atoms with Gasteiger partial charge in [-0.3, -0.25) is 24.1 Å². The average Bonchev–Trinajstić information content (AvgIpc) is 2.85. The van der Waals surface area contributed by atoms with E-state index in [1.807, 2.05) is 37.3 Å². The number of piperazine rings is 1. The lowest BCUT2D eigenvalue weighted by molar-refractivity contribution is -0.148.